The molecule has 0 atom stereocenters. The summed E-state index contributed by atoms with van der Waals surface area (Å²) in [7, 11) is 0. The third kappa shape index (κ3) is 4.51. The van der Waals surface area contributed by atoms with E-state index in [4.69, 9.17) is 21.4 Å². The number of nitrogens with zero attached hydrogens (tertiary/aromatic N) is 2. The highest BCUT2D eigenvalue weighted by Gasteiger charge is 2.29. The molecule has 2 N–H and O–H groups in total. The molecule has 2 aliphatic rings. The Morgan fingerprint density at radius 2 is 2.07 bits per heavy atom. The van der Waals surface area contributed by atoms with Crippen molar-refractivity contribution in [2.24, 2.45) is 0 Å². The van der Waals surface area contributed by atoms with E-state index in [1.165, 1.54) is 4.90 Å². The Hall–Kier alpha value is -2.32. The molecule has 0 aromatic heterocycles. The molecule has 0 unspecified atom stereocenters. The first-order chi connectivity index (χ1) is 13.0. The van der Waals surface area contributed by atoms with E-state index in [1.807, 2.05) is 0 Å². The van der Waals surface area contributed by atoms with E-state index in [1.54, 1.807) is 23.1 Å². The fraction of sp³-hybridized carbons (Fsp3) is 0.500. The minimum atomic E-state index is -0.953. The predicted octanol–water partition coefficient (Wildman–Crippen LogP) is 1.97. The number of carboxylic acid groups (broad SMARTS) is 1. The van der Waals surface area contributed by atoms with Crippen molar-refractivity contribution < 1.29 is 24.2 Å². The maximum Gasteiger partial charge on any atom is 0.322 e. The van der Waals surface area contributed by atoms with Crippen LogP contribution >= 0.6 is 11.6 Å². The molecule has 0 aliphatic carbocycles. The molecule has 0 bridgehead atoms. The highest BCUT2D eigenvalue weighted by Crippen LogP contribution is 2.29. The van der Waals surface area contributed by atoms with Gasteiger partial charge in [0.2, 0.25) is 0 Å². The van der Waals surface area contributed by atoms with E-state index >= 15 is 0 Å². The average Bonchev–Trinajstić information content (AvgIpc) is 3.08. The maximum absolute atomic E-state index is 13.1. The number of anilines is 1. The summed E-state index contributed by atoms with van der Waals surface area (Å²) >= 11 is 6.24. The second kappa shape index (κ2) is 8.58. The topological polar surface area (TPSA) is 99.2 Å². The van der Waals surface area contributed by atoms with Gasteiger partial charge in [0.15, 0.2) is 0 Å². The van der Waals surface area contributed by atoms with Gasteiger partial charge < -0.3 is 20.1 Å². The van der Waals surface area contributed by atoms with Gasteiger partial charge in [0.25, 0.3) is 5.91 Å². The zero-order chi connectivity index (χ0) is 19.4. The smallest absolute Gasteiger partial charge is 0.322 e. The largest absolute Gasteiger partial charge is 0.481 e. The minimum Gasteiger partial charge on any atom is -0.481 e. The number of rotatable bonds is 6. The maximum atomic E-state index is 13.1. The average molecular weight is 396 g/mol. The number of aliphatic carboxylic acids is 1. The highest BCUT2D eigenvalue weighted by atomic mass is 35.5. The van der Waals surface area contributed by atoms with E-state index in [9.17, 15) is 14.4 Å². The lowest BCUT2D eigenvalue weighted by Crippen LogP contribution is -2.44. The normalized spacial score (nSPS) is 17.7. The van der Waals surface area contributed by atoms with E-state index in [2.05, 4.69) is 5.32 Å². The number of carboxylic acids is 1. The second-order valence-corrected chi connectivity index (χ2v) is 6.94. The van der Waals surface area contributed by atoms with E-state index in [0.717, 1.165) is 0 Å². The van der Waals surface area contributed by atoms with Crippen molar-refractivity contribution >= 4 is 35.2 Å². The summed E-state index contributed by atoms with van der Waals surface area (Å²) in [6, 6.07) is 4.47. The third-order valence-corrected chi connectivity index (χ3v) is 5.12. The first-order valence-electron chi connectivity index (χ1n) is 8.93. The minimum absolute atomic E-state index is 0.0696. The number of halogens is 1. The van der Waals surface area contributed by atoms with Crippen LogP contribution in [0.2, 0.25) is 5.02 Å². The zero-order valence-electron chi connectivity index (χ0n) is 14.8. The molecule has 9 heteroatoms. The van der Waals surface area contributed by atoms with Gasteiger partial charge in [0.1, 0.15) is 0 Å². The predicted molar refractivity (Wildman–Crippen MR) is 99.3 cm³/mol. The third-order valence-electron chi connectivity index (χ3n) is 4.80. The fourth-order valence-corrected chi connectivity index (χ4v) is 3.60. The molecular formula is C18H22ClN3O5. The monoisotopic (exact) mass is 395 g/mol. The van der Waals surface area contributed by atoms with Crippen molar-refractivity contribution in [3.63, 3.8) is 0 Å². The van der Waals surface area contributed by atoms with Gasteiger partial charge in [-0.3, -0.25) is 14.5 Å². The van der Waals surface area contributed by atoms with Gasteiger partial charge in [-0.25, -0.2) is 4.79 Å². The van der Waals surface area contributed by atoms with Gasteiger partial charge in [-0.05, 0) is 31.0 Å². The molecule has 146 valence electrons. The molecule has 2 aliphatic heterocycles. The Bertz CT molecular complexity index is 736. The fourth-order valence-electron chi connectivity index (χ4n) is 3.38. The van der Waals surface area contributed by atoms with Crippen molar-refractivity contribution in [2.75, 3.05) is 37.7 Å². The Morgan fingerprint density at radius 3 is 2.70 bits per heavy atom. The van der Waals surface area contributed by atoms with Crippen LogP contribution in [0.3, 0.4) is 0 Å². The summed E-state index contributed by atoms with van der Waals surface area (Å²) in [5, 5.41) is 12.1. The quantitative estimate of drug-likeness (QED) is 0.767. The number of carbonyl (C=O) groups excluding carboxylic acids is 2. The number of ether oxygens (including phenoxy) is 1. The summed E-state index contributed by atoms with van der Waals surface area (Å²) in [4.78, 5) is 39.2. The van der Waals surface area contributed by atoms with Crippen LogP contribution in [0.5, 0.6) is 0 Å². The lowest BCUT2D eigenvalue weighted by atomic mass is 10.0. The summed E-state index contributed by atoms with van der Waals surface area (Å²) in [6.07, 6.45) is 1.21. The number of hydrogen-bond donors (Lipinski definition) is 2. The van der Waals surface area contributed by atoms with E-state index in [-0.39, 0.29) is 30.9 Å². The first kappa shape index (κ1) is 19.4. The van der Waals surface area contributed by atoms with Gasteiger partial charge in [-0.15, -0.1) is 0 Å². The van der Waals surface area contributed by atoms with E-state index < -0.39 is 5.97 Å². The van der Waals surface area contributed by atoms with Crippen molar-refractivity contribution in [2.45, 2.75) is 25.3 Å². The summed E-state index contributed by atoms with van der Waals surface area (Å²) < 4.78 is 5.35. The lowest BCUT2D eigenvalue weighted by Gasteiger charge is -2.34. The molecule has 0 saturated carbocycles. The van der Waals surface area contributed by atoms with E-state index in [0.29, 0.717) is 55.4 Å². The second-order valence-electron chi connectivity index (χ2n) is 6.54. The highest BCUT2D eigenvalue weighted by molar-refractivity contribution is 6.34. The van der Waals surface area contributed by atoms with Crippen LogP contribution in [-0.4, -0.2) is 66.8 Å². The molecule has 2 fully saturated rings. The van der Waals surface area contributed by atoms with Gasteiger partial charge in [-0.1, -0.05) is 11.6 Å². The standard InChI is InChI=1S/C18H22ClN3O5/c19-14-2-1-12(11-15(14)22-8-6-20-18(22)26)17(25)21(7-3-16(23)24)13-4-9-27-10-5-13/h1-2,11,13H,3-10H2,(H,20,26)(H,23,24). The van der Waals surface area contributed by atoms with Crippen LogP contribution < -0.4 is 10.2 Å². The Morgan fingerprint density at radius 1 is 1.33 bits per heavy atom. The van der Waals surface area contributed by atoms with Crippen LogP contribution in [0.1, 0.15) is 29.6 Å². The van der Waals surface area contributed by atoms with Crippen molar-refractivity contribution in [1.29, 1.82) is 0 Å². The van der Waals surface area contributed by atoms with Gasteiger partial charge in [-0.2, -0.15) is 0 Å². The van der Waals surface area contributed by atoms with Gasteiger partial charge in [0, 0.05) is 44.5 Å². The number of hydrogen-bond acceptors (Lipinski definition) is 4. The van der Waals surface area contributed by atoms with Crippen molar-refractivity contribution in [1.82, 2.24) is 10.2 Å². The number of urea groups is 1. The zero-order valence-corrected chi connectivity index (χ0v) is 15.6. The molecule has 3 amide bonds. The van der Waals surface area contributed by atoms with Crippen molar-refractivity contribution in [3.8, 4) is 0 Å². The van der Waals surface area contributed by atoms with Gasteiger partial charge in [0.05, 0.1) is 17.1 Å². The van der Waals surface area contributed by atoms with Crippen LogP contribution in [0.25, 0.3) is 0 Å². The number of nitrogens with one attached hydrogen (secondary N) is 1. The van der Waals surface area contributed by atoms with Crippen molar-refractivity contribution in [3.05, 3.63) is 28.8 Å². The number of benzene rings is 1. The summed E-state index contributed by atoms with van der Waals surface area (Å²) in [5.41, 5.74) is 0.855. The molecule has 27 heavy (non-hydrogen) atoms. The van der Waals surface area contributed by atoms with Gasteiger partial charge >= 0.3 is 12.0 Å². The SMILES string of the molecule is O=C(O)CCN(C(=O)c1ccc(Cl)c(N2CCNC2=O)c1)C1CCOCC1. The van der Waals surface area contributed by atoms with Crippen LogP contribution in [0, 0.1) is 0 Å². The van der Waals surface area contributed by atoms with Crippen LogP contribution in [-0.2, 0) is 9.53 Å². The number of amides is 3. The molecule has 3 rings (SSSR count). The molecule has 8 nitrogen and oxygen atoms in total. The van der Waals surface area contributed by atoms with Crippen LogP contribution in [0.15, 0.2) is 18.2 Å². The first-order valence-corrected chi connectivity index (χ1v) is 9.30. The molecule has 2 saturated heterocycles. The molecule has 0 radical (unpaired) electrons. The molecular weight excluding hydrogens is 374 g/mol. The Balaban J connectivity index is 1.86. The van der Waals surface area contributed by atoms with Crippen LogP contribution in [0.4, 0.5) is 10.5 Å². The Kier molecular flexibility index (Phi) is 6.18. The molecule has 2 heterocycles. The molecule has 1 aromatic carbocycles. The Labute approximate surface area is 162 Å². The molecule has 0 spiro atoms. The molecule has 1 aromatic rings. The lowest BCUT2D eigenvalue weighted by molar-refractivity contribution is -0.137. The summed E-state index contributed by atoms with van der Waals surface area (Å²) in [5.74, 6) is -1.22. The summed E-state index contributed by atoms with van der Waals surface area (Å²) in [6.45, 7) is 2.20. The number of carbonyl (C=O) groups is 3.